The van der Waals surface area contributed by atoms with Crippen LogP contribution >= 0.6 is 44.1 Å². The van der Waals surface area contributed by atoms with Crippen molar-refractivity contribution in [2.75, 3.05) is 0 Å². The van der Waals surface area contributed by atoms with Crippen LogP contribution in [-0.2, 0) is 0 Å². The minimum atomic E-state index is -0.513. The van der Waals surface area contributed by atoms with Gasteiger partial charge < -0.3 is 10.2 Å². The first-order valence-electron chi connectivity index (χ1n) is 5.03. The standard InChI is InChI=1S/C10H6Br2N4O3S/c11-5-1-4(8(18)7(12)9(5)19)2-14-16-6(17)3-13-15-10(16)20/h1-3,18-19H,(H,15,20)/b14-2+. The van der Waals surface area contributed by atoms with Crippen molar-refractivity contribution in [3.05, 3.63) is 41.9 Å². The highest BCUT2D eigenvalue weighted by atomic mass is 79.9. The number of rotatable bonds is 2. The molecule has 0 bridgehead atoms. The molecular formula is C10H6Br2N4O3S. The van der Waals surface area contributed by atoms with Crippen LogP contribution in [-0.4, -0.2) is 31.3 Å². The van der Waals surface area contributed by atoms with Gasteiger partial charge in [-0.1, -0.05) is 0 Å². The zero-order chi connectivity index (χ0) is 14.9. The number of phenolic OH excluding ortho intramolecular Hbond substituents is 2. The van der Waals surface area contributed by atoms with Crippen molar-refractivity contribution in [2.24, 2.45) is 5.10 Å². The Balaban J connectivity index is 2.53. The molecule has 20 heavy (non-hydrogen) atoms. The summed E-state index contributed by atoms with van der Waals surface area (Å²) < 4.78 is 1.40. The normalized spacial score (nSPS) is 11.1. The van der Waals surface area contributed by atoms with Gasteiger partial charge >= 0.3 is 0 Å². The Morgan fingerprint density at radius 2 is 2.10 bits per heavy atom. The molecule has 0 aliphatic carbocycles. The zero-order valence-electron chi connectivity index (χ0n) is 9.54. The molecule has 0 amide bonds. The van der Waals surface area contributed by atoms with E-state index in [2.05, 4.69) is 47.2 Å². The Bertz CT molecular complexity index is 787. The number of phenols is 2. The van der Waals surface area contributed by atoms with Crippen molar-refractivity contribution >= 4 is 50.3 Å². The molecule has 0 unspecified atom stereocenters. The third-order valence-electron chi connectivity index (χ3n) is 2.25. The molecule has 2 rings (SSSR count). The molecule has 0 aliphatic heterocycles. The molecular weight excluding hydrogens is 416 g/mol. The molecule has 10 heteroatoms. The van der Waals surface area contributed by atoms with Crippen LogP contribution in [0.4, 0.5) is 0 Å². The molecule has 2 aromatic rings. The highest BCUT2D eigenvalue weighted by Gasteiger charge is 2.12. The molecule has 3 N–H and O–H groups in total. The highest BCUT2D eigenvalue weighted by molar-refractivity contribution is 9.11. The summed E-state index contributed by atoms with van der Waals surface area (Å²) >= 11 is 11.0. The lowest BCUT2D eigenvalue weighted by atomic mass is 10.2. The second-order valence-corrected chi connectivity index (χ2v) is 5.56. The van der Waals surface area contributed by atoms with Crippen molar-refractivity contribution in [3.8, 4) is 11.5 Å². The van der Waals surface area contributed by atoms with Crippen LogP contribution in [0.2, 0.25) is 0 Å². The van der Waals surface area contributed by atoms with Crippen LogP contribution in [0.1, 0.15) is 5.56 Å². The van der Waals surface area contributed by atoms with Gasteiger partial charge in [-0.15, -0.1) is 0 Å². The summed E-state index contributed by atoms with van der Waals surface area (Å²) in [7, 11) is 0. The van der Waals surface area contributed by atoms with Crippen molar-refractivity contribution in [3.63, 3.8) is 0 Å². The van der Waals surface area contributed by atoms with E-state index in [0.29, 0.717) is 4.47 Å². The zero-order valence-corrected chi connectivity index (χ0v) is 13.5. The topological polar surface area (TPSA) is 104 Å². The van der Waals surface area contributed by atoms with E-state index in [0.717, 1.165) is 10.9 Å². The number of hydrogen-bond acceptors (Lipinski definition) is 6. The summed E-state index contributed by atoms with van der Waals surface area (Å²) in [4.78, 5) is 11.5. The van der Waals surface area contributed by atoms with Crippen molar-refractivity contribution in [2.45, 2.75) is 0 Å². The number of aromatic nitrogens is 3. The van der Waals surface area contributed by atoms with Gasteiger partial charge in [-0.2, -0.15) is 14.9 Å². The van der Waals surface area contributed by atoms with E-state index in [1.54, 1.807) is 0 Å². The number of nitrogens with zero attached hydrogens (tertiary/aromatic N) is 3. The maximum absolute atomic E-state index is 11.5. The molecule has 1 aromatic heterocycles. The summed E-state index contributed by atoms with van der Waals surface area (Å²) in [6, 6.07) is 1.44. The molecule has 7 nitrogen and oxygen atoms in total. The summed E-state index contributed by atoms with van der Waals surface area (Å²) in [5.41, 5.74) is -0.235. The Morgan fingerprint density at radius 1 is 1.40 bits per heavy atom. The van der Waals surface area contributed by atoms with Gasteiger partial charge in [0.1, 0.15) is 22.2 Å². The maximum atomic E-state index is 11.5. The number of benzene rings is 1. The largest absolute Gasteiger partial charge is 0.506 e. The van der Waals surface area contributed by atoms with E-state index in [1.165, 1.54) is 12.3 Å². The number of hydrogen-bond donors (Lipinski definition) is 3. The summed E-state index contributed by atoms with van der Waals surface area (Å²) in [6.45, 7) is 0. The van der Waals surface area contributed by atoms with E-state index in [4.69, 9.17) is 12.2 Å². The first kappa shape index (κ1) is 14.9. The van der Waals surface area contributed by atoms with E-state index >= 15 is 0 Å². The summed E-state index contributed by atoms with van der Waals surface area (Å²) in [5, 5.41) is 29.3. The van der Waals surface area contributed by atoms with Crippen LogP contribution < -0.4 is 5.56 Å². The predicted molar refractivity (Wildman–Crippen MR) is 81.8 cm³/mol. The van der Waals surface area contributed by atoms with Crippen molar-refractivity contribution in [1.82, 2.24) is 14.9 Å². The molecule has 0 aliphatic rings. The Labute approximate surface area is 133 Å². The second-order valence-electron chi connectivity index (χ2n) is 3.53. The molecule has 0 atom stereocenters. The van der Waals surface area contributed by atoms with Crippen molar-refractivity contribution in [1.29, 1.82) is 0 Å². The minimum Gasteiger partial charge on any atom is -0.506 e. The smallest absolute Gasteiger partial charge is 0.293 e. The highest BCUT2D eigenvalue weighted by Crippen LogP contribution is 2.40. The van der Waals surface area contributed by atoms with Gasteiger partial charge in [-0.3, -0.25) is 9.89 Å². The molecule has 0 saturated carbocycles. The Kier molecular flexibility index (Phi) is 4.35. The Morgan fingerprint density at radius 3 is 2.75 bits per heavy atom. The molecule has 104 valence electrons. The third-order valence-corrected chi connectivity index (χ3v) is 3.87. The number of halogens is 2. The molecule has 0 saturated heterocycles. The van der Waals surface area contributed by atoms with Gasteiger partial charge in [0, 0.05) is 5.56 Å². The van der Waals surface area contributed by atoms with Gasteiger partial charge in [0.25, 0.3) is 5.56 Å². The van der Waals surface area contributed by atoms with Crippen LogP contribution in [0.25, 0.3) is 0 Å². The van der Waals surface area contributed by atoms with Gasteiger partial charge in [0.2, 0.25) is 4.77 Å². The van der Waals surface area contributed by atoms with Gasteiger partial charge in [0.15, 0.2) is 0 Å². The monoisotopic (exact) mass is 420 g/mol. The molecule has 1 heterocycles. The van der Waals surface area contributed by atoms with Crippen LogP contribution in [0.5, 0.6) is 11.5 Å². The summed E-state index contributed by atoms with van der Waals surface area (Å²) in [6.07, 6.45) is 2.25. The molecule has 0 radical (unpaired) electrons. The SMILES string of the molecule is O=c1cn[nH]c(=S)n1/N=C/c1cc(Br)c(O)c(Br)c1O. The summed E-state index contributed by atoms with van der Waals surface area (Å²) in [5.74, 6) is -0.357. The average molecular weight is 422 g/mol. The fourth-order valence-corrected chi connectivity index (χ4v) is 2.63. The number of nitrogens with one attached hydrogen (secondary N) is 1. The van der Waals surface area contributed by atoms with Gasteiger partial charge in [-0.25, -0.2) is 0 Å². The van der Waals surface area contributed by atoms with Crippen LogP contribution in [0, 0.1) is 4.77 Å². The lowest BCUT2D eigenvalue weighted by Gasteiger charge is -2.06. The number of H-pyrrole nitrogens is 1. The number of aromatic amines is 1. The van der Waals surface area contributed by atoms with Crippen molar-refractivity contribution < 1.29 is 10.2 Å². The first-order chi connectivity index (χ1) is 9.41. The number of aromatic hydroxyl groups is 2. The maximum Gasteiger partial charge on any atom is 0.293 e. The van der Waals surface area contributed by atoms with Crippen LogP contribution in [0.15, 0.2) is 31.1 Å². The molecule has 0 fully saturated rings. The fourth-order valence-electron chi connectivity index (χ4n) is 1.29. The predicted octanol–water partition coefficient (Wildman–Crippen LogP) is 2.12. The molecule has 0 spiro atoms. The van der Waals surface area contributed by atoms with Gasteiger partial charge in [-0.05, 0) is 50.1 Å². The average Bonchev–Trinajstić information content (AvgIpc) is 2.41. The molecule has 1 aromatic carbocycles. The first-order valence-corrected chi connectivity index (χ1v) is 7.02. The Hall–Kier alpha value is -1.52. The van der Waals surface area contributed by atoms with E-state index in [-0.39, 0.29) is 26.3 Å². The van der Waals surface area contributed by atoms with E-state index in [1.807, 2.05) is 0 Å². The van der Waals surface area contributed by atoms with Gasteiger partial charge in [0.05, 0.1) is 10.7 Å². The third kappa shape index (κ3) is 2.81. The lowest BCUT2D eigenvalue weighted by Crippen LogP contribution is -2.18. The van der Waals surface area contributed by atoms with E-state index < -0.39 is 5.56 Å². The minimum absolute atomic E-state index is 0.0187. The fraction of sp³-hybridized carbons (Fsp3) is 0. The van der Waals surface area contributed by atoms with E-state index in [9.17, 15) is 15.0 Å². The lowest BCUT2D eigenvalue weighted by molar-refractivity contribution is 0.441. The van der Waals surface area contributed by atoms with Crippen LogP contribution in [0.3, 0.4) is 0 Å². The quantitative estimate of drug-likeness (QED) is 0.509. The second kappa shape index (κ2) is 5.85.